The van der Waals surface area contributed by atoms with Crippen molar-refractivity contribution < 1.29 is 14.6 Å². The second-order valence-corrected chi connectivity index (χ2v) is 4.50. The quantitative estimate of drug-likeness (QED) is 0.569. The van der Waals surface area contributed by atoms with E-state index in [1.54, 1.807) is 0 Å². The first-order valence-corrected chi connectivity index (χ1v) is 5.34. The fraction of sp³-hybridized carbons (Fsp3) is 0.889. The van der Waals surface area contributed by atoms with E-state index in [-0.39, 0.29) is 12.8 Å². The average molecular weight is 245 g/mol. The summed E-state index contributed by atoms with van der Waals surface area (Å²) in [6, 6.07) is -2.23. The molecule has 1 amide bonds. The number of carbonyl (C=O) groups excluding carboxylic acids is 1. The Labute approximate surface area is 97.7 Å². The number of nitrogens with zero attached hydrogens (tertiary/aromatic N) is 2. The van der Waals surface area contributed by atoms with Crippen LogP contribution in [0.1, 0.15) is 33.1 Å². The monoisotopic (exact) mass is 245 g/mol. The van der Waals surface area contributed by atoms with Crippen LogP contribution in [0.15, 0.2) is 0 Å². The van der Waals surface area contributed by atoms with E-state index in [1.165, 1.54) is 13.8 Å². The van der Waals surface area contributed by atoms with Crippen molar-refractivity contribution in [2.75, 3.05) is 0 Å². The maximum absolute atomic E-state index is 11.1. The number of nitro groups is 2. The fourth-order valence-corrected chi connectivity index (χ4v) is 2.52. The van der Waals surface area contributed by atoms with Crippen LogP contribution in [0.5, 0.6) is 0 Å². The molecule has 17 heavy (non-hydrogen) atoms. The minimum absolute atomic E-state index is 0.244. The van der Waals surface area contributed by atoms with Gasteiger partial charge in [-0.15, -0.1) is 0 Å². The van der Waals surface area contributed by atoms with Gasteiger partial charge in [-0.05, 0) is 13.3 Å². The molecule has 1 aliphatic rings. The zero-order valence-corrected chi connectivity index (χ0v) is 9.71. The van der Waals surface area contributed by atoms with Crippen LogP contribution in [0.4, 0.5) is 0 Å². The first kappa shape index (κ1) is 13.3. The average Bonchev–Trinajstić information content (AvgIpc) is 2.14. The third-order valence-corrected chi connectivity index (χ3v) is 3.29. The predicted molar refractivity (Wildman–Crippen MR) is 57.6 cm³/mol. The molecule has 1 unspecified atom stereocenters. The Hall–Kier alpha value is -1.73. The van der Waals surface area contributed by atoms with Gasteiger partial charge < -0.3 is 5.32 Å². The Bertz CT molecular complexity index is 335. The van der Waals surface area contributed by atoms with Crippen molar-refractivity contribution in [1.29, 1.82) is 0 Å². The van der Waals surface area contributed by atoms with Gasteiger partial charge in [0, 0.05) is 29.6 Å². The summed E-state index contributed by atoms with van der Waals surface area (Å²) < 4.78 is 0. The molecule has 0 aromatic rings. The summed E-state index contributed by atoms with van der Waals surface area (Å²) >= 11 is 0. The molecule has 0 heterocycles. The molecule has 8 heteroatoms. The minimum atomic E-state index is -1.42. The van der Waals surface area contributed by atoms with E-state index in [0.29, 0.717) is 6.42 Å². The maximum Gasteiger partial charge on any atom is 0.242 e. The smallest absolute Gasteiger partial charge is 0.242 e. The van der Waals surface area contributed by atoms with Crippen molar-refractivity contribution in [1.82, 2.24) is 5.32 Å². The van der Waals surface area contributed by atoms with E-state index in [4.69, 9.17) is 0 Å². The third kappa shape index (κ3) is 2.51. The summed E-state index contributed by atoms with van der Waals surface area (Å²) in [5.74, 6) is -0.492. The molecule has 0 aromatic carbocycles. The molecule has 1 fully saturated rings. The van der Waals surface area contributed by atoms with Crippen LogP contribution in [0.3, 0.4) is 0 Å². The molecule has 0 aromatic heterocycles. The Morgan fingerprint density at radius 1 is 1.24 bits per heavy atom. The van der Waals surface area contributed by atoms with Gasteiger partial charge in [0.25, 0.3) is 0 Å². The number of hydrogen-bond acceptors (Lipinski definition) is 5. The van der Waals surface area contributed by atoms with E-state index < -0.39 is 33.4 Å². The lowest BCUT2D eigenvalue weighted by atomic mass is 9.75. The Kier molecular flexibility index (Phi) is 3.64. The van der Waals surface area contributed by atoms with E-state index in [0.717, 1.165) is 0 Å². The van der Waals surface area contributed by atoms with Crippen LogP contribution >= 0.6 is 0 Å². The van der Waals surface area contributed by atoms with Crippen LogP contribution < -0.4 is 5.32 Å². The van der Waals surface area contributed by atoms with E-state index in [1.807, 2.05) is 0 Å². The van der Waals surface area contributed by atoms with Gasteiger partial charge in [0.1, 0.15) is 0 Å². The van der Waals surface area contributed by atoms with Gasteiger partial charge in [-0.2, -0.15) is 0 Å². The Balaban J connectivity index is 3.10. The lowest BCUT2D eigenvalue weighted by molar-refractivity contribution is -0.586. The summed E-state index contributed by atoms with van der Waals surface area (Å²) in [5.41, 5.74) is -1.42. The number of nitrogens with one attached hydrogen (secondary N) is 1. The molecule has 1 saturated carbocycles. The molecular formula is C9H15N3O5. The highest BCUT2D eigenvalue weighted by Gasteiger charge is 2.57. The van der Waals surface area contributed by atoms with Gasteiger partial charge in [-0.25, -0.2) is 0 Å². The van der Waals surface area contributed by atoms with Crippen molar-refractivity contribution in [3.05, 3.63) is 20.2 Å². The lowest BCUT2D eigenvalue weighted by Gasteiger charge is -2.37. The molecule has 0 radical (unpaired) electrons. The predicted octanol–water partition coefficient (Wildman–Crippen LogP) is 0.356. The third-order valence-electron chi connectivity index (χ3n) is 3.29. The van der Waals surface area contributed by atoms with Gasteiger partial charge in [-0.1, -0.05) is 0 Å². The van der Waals surface area contributed by atoms with E-state index in [2.05, 4.69) is 5.32 Å². The highest BCUT2D eigenvalue weighted by molar-refractivity contribution is 5.74. The van der Waals surface area contributed by atoms with Crippen LogP contribution in [0.25, 0.3) is 0 Å². The standard InChI is InChI=1S/C9H15N3O5/c1-6(13)10-9(2)7(11(14)15)4-3-5-8(9)12(16)17/h7-8H,3-5H2,1-2H3,(H,10,13)/t7-,8+,9?. The molecule has 96 valence electrons. The van der Waals surface area contributed by atoms with Crippen molar-refractivity contribution in [2.24, 2.45) is 0 Å². The highest BCUT2D eigenvalue weighted by Crippen LogP contribution is 2.32. The highest BCUT2D eigenvalue weighted by atomic mass is 16.6. The second kappa shape index (κ2) is 4.64. The second-order valence-electron chi connectivity index (χ2n) is 4.50. The molecule has 1 N–H and O–H groups in total. The molecule has 1 aliphatic carbocycles. The van der Waals surface area contributed by atoms with Crippen LogP contribution in [-0.4, -0.2) is 33.4 Å². The van der Waals surface area contributed by atoms with Crippen molar-refractivity contribution in [3.8, 4) is 0 Å². The van der Waals surface area contributed by atoms with Gasteiger partial charge in [-0.3, -0.25) is 25.0 Å². The molecule has 8 nitrogen and oxygen atoms in total. The van der Waals surface area contributed by atoms with Crippen molar-refractivity contribution in [3.63, 3.8) is 0 Å². The molecule has 3 atom stereocenters. The topological polar surface area (TPSA) is 115 Å². The number of amides is 1. The minimum Gasteiger partial charge on any atom is -0.339 e. The van der Waals surface area contributed by atoms with E-state index in [9.17, 15) is 25.0 Å². The van der Waals surface area contributed by atoms with Gasteiger partial charge in [0.2, 0.25) is 18.0 Å². The normalized spacial score (nSPS) is 32.8. The van der Waals surface area contributed by atoms with Crippen LogP contribution in [0.2, 0.25) is 0 Å². The summed E-state index contributed by atoms with van der Waals surface area (Å²) in [6.07, 6.45) is 0.911. The molecule has 1 rings (SSSR count). The summed E-state index contributed by atoms with van der Waals surface area (Å²) in [6.45, 7) is 2.59. The van der Waals surface area contributed by atoms with Gasteiger partial charge >= 0.3 is 0 Å². The number of carbonyl (C=O) groups is 1. The largest absolute Gasteiger partial charge is 0.339 e. The maximum atomic E-state index is 11.1. The van der Waals surface area contributed by atoms with Crippen LogP contribution in [0, 0.1) is 20.2 Å². The molecule has 0 saturated heterocycles. The van der Waals surface area contributed by atoms with Crippen LogP contribution in [-0.2, 0) is 4.79 Å². The molecule has 0 bridgehead atoms. The Morgan fingerprint density at radius 3 is 1.94 bits per heavy atom. The molecular weight excluding hydrogens is 230 g/mol. The molecule has 0 aliphatic heterocycles. The molecule has 0 spiro atoms. The summed E-state index contributed by atoms with van der Waals surface area (Å²) in [4.78, 5) is 31.9. The number of rotatable bonds is 3. The fourth-order valence-electron chi connectivity index (χ4n) is 2.52. The Morgan fingerprint density at radius 2 is 1.65 bits per heavy atom. The first-order chi connectivity index (χ1) is 7.79. The van der Waals surface area contributed by atoms with Gasteiger partial charge in [0.05, 0.1) is 0 Å². The SMILES string of the molecule is CC(=O)NC1(C)[C@@H]([N+](=O)[O-])CCC[C@H]1[N+](=O)[O-]. The van der Waals surface area contributed by atoms with E-state index >= 15 is 0 Å². The lowest BCUT2D eigenvalue weighted by Crippen LogP contribution is -2.67. The zero-order valence-electron chi connectivity index (χ0n) is 9.71. The van der Waals surface area contributed by atoms with Gasteiger partial charge in [0.15, 0.2) is 5.54 Å². The first-order valence-electron chi connectivity index (χ1n) is 5.34. The summed E-state index contributed by atoms with van der Waals surface area (Å²) in [7, 11) is 0. The van der Waals surface area contributed by atoms with Crippen molar-refractivity contribution >= 4 is 5.91 Å². The zero-order chi connectivity index (χ0) is 13.2. The number of hydrogen-bond donors (Lipinski definition) is 1. The summed E-state index contributed by atoms with van der Waals surface area (Å²) in [5, 5.41) is 24.3. The van der Waals surface area contributed by atoms with Crippen molar-refractivity contribution in [2.45, 2.75) is 50.7 Å².